The van der Waals surface area contributed by atoms with Crippen molar-refractivity contribution in [2.75, 3.05) is 13.2 Å². The van der Waals surface area contributed by atoms with E-state index in [1.807, 2.05) is 6.07 Å². The van der Waals surface area contributed by atoms with Gasteiger partial charge >= 0.3 is 5.97 Å². The molecule has 6 nitrogen and oxygen atoms in total. The first-order chi connectivity index (χ1) is 9.58. The van der Waals surface area contributed by atoms with Crippen molar-refractivity contribution >= 4 is 11.9 Å². The summed E-state index contributed by atoms with van der Waals surface area (Å²) in [6.07, 6.45) is -0.323. The van der Waals surface area contributed by atoms with Crippen LogP contribution in [0.5, 0.6) is 11.5 Å². The normalized spacial score (nSPS) is 18.1. The van der Waals surface area contributed by atoms with E-state index in [0.29, 0.717) is 24.5 Å². The van der Waals surface area contributed by atoms with Gasteiger partial charge in [0.15, 0.2) is 11.5 Å². The van der Waals surface area contributed by atoms with E-state index in [9.17, 15) is 9.59 Å². The van der Waals surface area contributed by atoms with Crippen LogP contribution in [0.2, 0.25) is 0 Å². The lowest BCUT2D eigenvalue weighted by atomic mass is 10.1. The molecule has 20 heavy (non-hydrogen) atoms. The number of hydrogen-bond acceptors (Lipinski definition) is 4. The van der Waals surface area contributed by atoms with Crippen molar-refractivity contribution in [1.82, 2.24) is 5.32 Å². The summed E-state index contributed by atoms with van der Waals surface area (Å²) < 4.78 is 11.0. The maximum atomic E-state index is 11.9. The number of carboxylic acid groups (broad SMARTS) is 1. The van der Waals surface area contributed by atoms with Crippen molar-refractivity contribution in [1.29, 1.82) is 0 Å². The molecule has 0 bridgehead atoms. The molecule has 1 aromatic carbocycles. The highest BCUT2D eigenvalue weighted by atomic mass is 16.6. The monoisotopic (exact) mass is 279 g/mol. The third kappa shape index (κ3) is 3.40. The quantitative estimate of drug-likeness (QED) is 0.841. The van der Waals surface area contributed by atoms with Crippen LogP contribution in [0.25, 0.3) is 0 Å². The minimum absolute atomic E-state index is 0.150. The maximum Gasteiger partial charge on any atom is 0.306 e. The number of carboxylic acids is 1. The number of nitrogens with one attached hydrogen (secondary N) is 1. The lowest BCUT2D eigenvalue weighted by Crippen LogP contribution is -2.44. The van der Waals surface area contributed by atoms with Gasteiger partial charge in [-0.1, -0.05) is 19.1 Å². The summed E-state index contributed by atoms with van der Waals surface area (Å²) in [6.45, 7) is 2.05. The van der Waals surface area contributed by atoms with E-state index in [0.717, 1.165) is 0 Å². The Labute approximate surface area is 116 Å². The second-order valence-electron chi connectivity index (χ2n) is 4.68. The van der Waals surface area contributed by atoms with E-state index >= 15 is 0 Å². The highest BCUT2D eigenvalue weighted by molar-refractivity contribution is 5.81. The smallest absolute Gasteiger partial charge is 0.306 e. The Balaban J connectivity index is 1.81. The highest BCUT2D eigenvalue weighted by Crippen LogP contribution is 2.30. The first-order valence-corrected chi connectivity index (χ1v) is 6.47. The molecule has 1 aliphatic rings. The Kier molecular flexibility index (Phi) is 4.45. The van der Waals surface area contributed by atoms with Crippen LogP contribution in [0.3, 0.4) is 0 Å². The molecule has 0 fully saturated rings. The summed E-state index contributed by atoms with van der Waals surface area (Å²) in [5, 5.41) is 11.4. The fourth-order valence-corrected chi connectivity index (χ4v) is 1.80. The molecule has 0 spiro atoms. The lowest BCUT2D eigenvalue weighted by Gasteiger charge is -2.25. The zero-order valence-electron chi connectivity index (χ0n) is 11.2. The van der Waals surface area contributed by atoms with Crippen molar-refractivity contribution < 1.29 is 24.2 Å². The third-order valence-corrected chi connectivity index (χ3v) is 3.10. The lowest BCUT2D eigenvalue weighted by molar-refractivity contribution is -0.141. The fourth-order valence-electron chi connectivity index (χ4n) is 1.80. The van der Waals surface area contributed by atoms with E-state index in [2.05, 4.69) is 5.32 Å². The van der Waals surface area contributed by atoms with E-state index < -0.39 is 18.0 Å². The number of carbonyl (C=O) groups is 2. The molecule has 2 atom stereocenters. The number of aliphatic carboxylic acids is 1. The Bertz CT molecular complexity index is 502. The Morgan fingerprint density at radius 3 is 2.80 bits per heavy atom. The standard InChI is InChI=1S/C14H17NO5/c1-9(14(17)18)6-7-15-13(16)12-8-19-10-4-2-3-5-11(10)20-12/h2-5,9,12H,6-8H2,1H3,(H,15,16)(H,17,18). The summed E-state index contributed by atoms with van der Waals surface area (Å²) in [5.41, 5.74) is 0. The van der Waals surface area contributed by atoms with Crippen molar-refractivity contribution in [2.45, 2.75) is 19.4 Å². The Hall–Kier alpha value is -2.24. The number of fused-ring (bicyclic) bond motifs is 1. The first kappa shape index (κ1) is 14.2. The largest absolute Gasteiger partial charge is 0.485 e. The summed E-state index contributed by atoms with van der Waals surface area (Å²) in [7, 11) is 0. The summed E-state index contributed by atoms with van der Waals surface area (Å²) >= 11 is 0. The van der Waals surface area contributed by atoms with Crippen LogP contribution in [-0.2, 0) is 9.59 Å². The third-order valence-electron chi connectivity index (χ3n) is 3.10. The average molecular weight is 279 g/mol. The van der Waals surface area contributed by atoms with Gasteiger partial charge in [-0.15, -0.1) is 0 Å². The van der Waals surface area contributed by atoms with Gasteiger partial charge < -0.3 is 19.9 Å². The fraction of sp³-hybridized carbons (Fsp3) is 0.429. The minimum atomic E-state index is -0.870. The SMILES string of the molecule is CC(CCNC(=O)C1COc2ccccc2O1)C(=O)O. The van der Waals surface area contributed by atoms with Crippen molar-refractivity contribution in [3.63, 3.8) is 0 Å². The van der Waals surface area contributed by atoms with Crippen molar-refractivity contribution in [3.8, 4) is 11.5 Å². The highest BCUT2D eigenvalue weighted by Gasteiger charge is 2.27. The molecule has 1 amide bonds. The average Bonchev–Trinajstić information content (AvgIpc) is 2.46. The van der Waals surface area contributed by atoms with Gasteiger partial charge in [0, 0.05) is 6.54 Å². The number of benzene rings is 1. The van der Waals surface area contributed by atoms with E-state index in [1.54, 1.807) is 25.1 Å². The van der Waals surface area contributed by atoms with Gasteiger partial charge in [0.05, 0.1) is 5.92 Å². The molecule has 0 saturated carbocycles. The molecule has 108 valence electrons. The summed E-state index contributed by atoms with van der Waals surface area (Å²) in [6, 6.07) is 7.15. The number of rotatable bonds is 5. The zero-order valence-corrected chi connectivity index (χ0v) is 11.2. The first-order valence-electron chi connectivity index (χ1n) is 6.47. The van der Waals surface area contributed by atoms with Crippen LogP contribution in [0, 0.1) is 5.92 Å². The van der Waals surface area contributed by atoms with Crippen LogP contribution in [-0.4, -0.2) is 36.2 Å². The number of para-hydroxylation sites is 2. The molecule has 2 N–H and O–H groups in total. The molecule has 0 aromatic heterocycles. The van der Waals surface area contributed by atoms with Crippen molar-refractivity contribution in [2.24, 2.45) is 5.92 Å². The van der Waals surface area contributed by atoms with Gasteiger partial charge in [-0.2, -0.15) is 0 Å². The van der Waals surface area contributed by atoms with Gasteiger partial charge in [-0.05, 0) is 18.6 Å². The number of hydrogen-bond donors (Lipinski definition) is 2. The van der Waals surface area contributed by atoms with E-state index in [1.165, 1.54) is 0 Å². The molecule has 1 heterocycles. The van der Waals surface area contributed by atoms with Gasteiger partial charge in [0.25, 0.3) is 5.91 Å². The minimum Gasteiger partial charge on any atom is -0.485 e. The molecule has 2 rings (SSSR count). The summed E-state index contributed by atoms with van der Waals surface area (Å²) in [4.78, 5) is 22.6. The molecule has 0 saturated heterocycles. The predicted octanol–water partition coefficient (Wildman–Crippen LogP) is 1.05. The van der Waals surface area contributed by atoms with Crippen LogP contribution >= 0.6 is 0 Å². The summed E-state index contributed by atoms with van der Waals surface area (Å²) in [5.74, 6) is -0.490. The van der Waals surface area contributed by atoms with Crippen LogP contribution < -0.4 is 14.8 Å². The second kappa shape index (κ2) is 6.27. The Morgan fingerprint density at radius 1 is 1.40 bits per heavy atom. The second-order valence-corrected chi connectivity index (χ2v) is 4.68. The van der Waals surface area contributed by atoms with Gasteiger partial charge in [-0.25, -0.2) is 0 Å². The molecule has 0 aliphatic carbocycles. The zero-order chi connectivity index (χ0) is 14.5. The van der Waals surface area contributed by atoms with Gasteiger partial charge in [-0.3, -0.25) is 9.59 Å². The van der Waals surface area contributed by atoms with Gasteiger partial charge in [0.2, 0.25) is 6.10 Å². The Morgan fingerprint density at radius 2 is 2.10 bits per heavy atom. The molecule has 1 aliphatic heterocycles. The predicted molar refractivity (Wildman–Crippen MR) is 70.8 cm³/mol. The van der Waals surface area contributed by atoms with Crippen LogP contribution in [0.4, 0.5) is 0 Å². The molecule has 6 heteroatoms. The van der Waals surface area contributed by atoms with E-state index in [-0.39, 0.29) is 12.5 Å². The number of ether oxygens (including phenoxy) is 2. The molecular formula is C14H17NO5. The van der Waals surface area contributed by atoms with E-state index in [4.69, 9.17) is 14.6 Å². The molecular weight excluding hydrogens is 262 g/mol. The van der Waals surface area contributed by atoms with Crippen LogP contribution in [0.15, 0.2) is 24.3 Å². The van der Waals surface area contributed by atoms with Crippen LogP contribution in [0.1, 0.15) is 13.3 Å². The molecule has 2 unspecified atom stereocenters. The molecule has 0 radical (unpaired) electrons. The van der Waals surface area contributed by atoms with Gasteiger partial charge in [0.1, 0.15) is 6.61 Å². The topological polar surface area (TPSA) is 84.9 Å². The maximum absolute atomic E-state index is 11.9. The number of amides is 1. The molecule has 1 aromatic rings. The number of carbonyl (C=O) groups excluding carboxylic acids is 1. The van der Waals surface area contributed by atoms with Crippen molar-refractivity contribution in [3.05, 3.63) is 24.3 Å².